The molecule has 2 rings (SSSR count). The van der Waals surface area contributed by atoms with Crippen LogP contribution < -0.4 is 5.32 Å². The summed E-state index contributed by atoms with van der Waals surface area (Å²) in [5, 5.41) is 12.4. The number of carbonyl (C=O) groups excluding carboxylic acids is 1. The van der Waals surface area contributed by atoms with E-state index in [1.165, 1.54) is 18.2 Å². The second-order valence-corrected chi connectivity index (χ2v) is 6.55. The lowest BCUT2D eigenvalue weighted by molar-refractivity contribution is -0.124. The maximum atomic E-state index is 13.5. The third-order valence-electron chi connectivity index (χ3n) is 3.90. The average Bonchev–Trinajstić information content (AvgIpc) is 2.39. The normalized spacial score (nSPS) is 24.4. The van der Waals surface area contributed by atoms with Gasteiger partial charge < -0.3 is 10.4 Å². The number of aliphatic hydroxyl groups excluding tert-OH is 1. The van der Waals surface area contributed by atoms with Crippen LogP contribution in [0.5, 0.6) is 0 Å². The van der Waals surface area contributed by atoms with Crippen LogP contribution in [0.4, 0.5) is 4.39 Å². The number of rotatable bonds is 3. The second kappa shape index (κ2) is 5.66. The molecule has 0 aromatic heterocycles. The number of carbonyl (C=O) groups is 1. The Morgan fingerprint density at radius 3 is 2.85 bits per heavy atom. The molecule has 5 heteroatoms. The van der Waals surface area contributed by atoms with Gasteiger partial charge in [-0.1, -0.05) is 29.8 Å². The minimum Gasteiger partial charge on any atom is -0.392 e. The molecule has 2 atom stereocenters. The number of hydrogen-bond acceptors (Lipinski definition) is 2. The summed E-state index contributed by atoms with van der Waals surface area (Å²) < 4.78 is 14.2. The van der Waals surface area contributed by atoms with Gasteiger partial charge in [-0.2, -0.15) is 0 Å². The van der Waals surface area contributed by atoms with Gasteiger partial charge in [0.05, 0.1) is 6.10 Å². The molecule has 0 aliphatic heterocycles. The van der Waals surface area contributed by atoms with Crippen LogP contribution in [0, 0.1) is 11.2 Å². The lowest BCUT2D eigenvalue weighted by Crippen LogP contribution is -2.60. The molecule has 1 aliphatic carbocycles. The Bertz CT molecular complexity index is 557. The molecule has 108 valence electrons. The number of benzene rings is 1. The Labute approximate surface area is 126 Å². The van der Waals surface area contributed by atoms with Crippen LogP contribution in [0.25, 0.3) is 6.08 Å². The Morgan fingerprint density at radius 1 is 1.55 bits per heavy atom. The van der Waals surface area contributed by atoms with Crippen molar-refractivity contribution in [3.8, 4) is 0 Å². The summed E-state index contributed by atoms with van der Waals surface area (Å²) >= 11 is 3.26. The van der Waals surface area contributed by atoms with E-state index in [0.717, 1.165) is 4.47 Å². The first kappa shape index (κ1) is 15.2. The van der Waals surface area contributed by atoms with Gasteiger partial charge in [-0.05, 0) is 30.7 Å². The molecule has 0 spiro atoms. The lowest BCUT2D eigenvalue weighted by atomic mass is 9.64. The number of aliphatic hydroxyl groups is 1. The summed E-state index contributed by atoms with van der Waals surface area (Å²) in [5.41, 5.74) is 0.0345. The maximum absolute atomic E-state index is 13.5. The molecule has 2 unspecified atom stereocenters. The number of hydrogen-bond donors (Lipinski definition) is 2. The monoisotopic (exact) mass is 341 g/mol. The first-order valence-electron chi connectivity index (χ1n) is 6.42. The van der Waals surface area contributed by atoms with Gasteiger partial charge in [0.1, 0.15) is 5.82 Å². The Kier molecular flexibility index (Phi) is 4.30. The molecule has 1 aromatic rings. The van der Waals surface area contributed by atoms with Crippen molar-refractivity contribution in [1.29, 1.82) is 0 Å². The van der Waals surface area contributed by atoms with E-state index in [0.29, 0.717) is 12.0 Å². The summed E-state index contributed by atoms with van der Waals surface area (Å²) in [6.07, 6.45) is 2.92. The zero-order valence-electron chi connectivity index (χ0n) is 11.4. The summed E-state index contributed by atoms with van der Waals surface area (Å²) in [6.45, 7) is 3.81. The SMILES string of the molecule is CC1(C)C(O)CC1NC(=O)/C=C/c1cc(Br)ccc1F. The van der Waals surface area contributed by atoms with Gasteiger partial charge in [-0.3, -0.25) is 4.79 Å². The zero-order chi connectivity index (χ0) is 14.9. The van der Waals surface area contributed by atoms with Crippen molar-refractivity contribution in [2.45, 2.75) is 32.4 Å². The van der Waals surface area contributed by atoms with E-state index in [1.54, 1.807) is 12.1 Å². The van der Waals surface area contributed by atoms with Crippen molar-refractivity contribution < 1.29 is 14.3 Å². The smallest absolute Gasteiger partial charge is 0.244 e. The maximum Gasteiger partial charge on any atom is 0.244 e. The minimum absolute atomic E-state index is 0.0537. The lowest BCUT2D eigenvalue weighted by Gasteiger charge is -2.49. The highest BCUT2D eigenvalue weighted by molar-refractivity contribution is 9.10. The summed E-state index contributed by atoms with van der Waals surface area (Å²) in [6, 6.07) is 4.50. The van der Waals surface area contributed by atoms with E-state index in [-0.39, 0.29) is 29.3 Å². The molecular formula is C15H17BrFNO2. The molecule has 20 heavy (non-hydrogen) atoms. The van der Waals surface area contributed by atoms with E-state index >= 15 is 0 Å². The van der Waals surface area contributed by atoms with E-state index in [4.69, 9.17) is 0 Å². The van der Waals surface area contributed by atoms with E-state index < -0.39 is 0 Å². The largest absolute Gasteiger partial charge is 0.392 e. The first-order valence-corrected chi connectivity index (χ1v) is 7.21. The molecule has 0 saturated heterocycles. The van der Waals surface area contributed by atoms with Crippen molar-refractivity contribution in [2.24, 2.45) is 5.41 Å². The molecular weight excluding hydrogens is 325 g/mol. The molecule has 0 bridgehead atoms. The molecule has 1 aromatic carbocycles. The molecule has 1 saturated carbocycles. The van der Waals surface area contributed by atoms with Gasteiger partial charge in [0.15, 0.2) is 0 Å². The predicted molar refractivity (Wildman–Crippen MR) is 79.5 cm³/mol. The molecule has 1 amide bonds. The van der Waals surface area contributed by atoms with E-state index in [2.05, 4.69) is 21.2 Å². The molecule has 0 heterocycles. The first-order chi connectivity index (χ1) is 9.30. The van der Waals surface area contributed by atoms with Crippen LogP contribution in [0.1, 0.15) is 25.8 Å². The van der Waals surface area contributed by atoms with Crippen molar-refractivity contribution in [3.63, 3.8) is 0 Å². The van der Waals surface area contributed by atoms with E-state index in [9.17, 15) is 14.3 Å². The van der Waals surface area contributed by atoms with Crippen molar-refractivity contribution in [3.05, 3.63) is 40.1 Å². The fourth-order valence-corrected chi connectivity index (χ4v) is 2.55. The average molecular weight is 342 g/mol. The quantitative estimate of drug-likeness (QED) is 0.830. The minimum atomic E-state index is -0.390. The molecule has 1 aliphatic rings. The van der Waals surface area contributed by atoms with Crippen LogP contribution in [0.2, 0.25) is 0 Å². The molecule has 2 N–H and O–H groups in total. The standard InChI is InChI=1S/C15H17BrFNO2/c1-15(2)12(8-13(15)19)18-14(20)6-3-9-7-10(16)4-5-11(9)17/h3-7,12-13,19H,8H2,1-2H3,(H,18,20)/b6-3+. The second-order valence-electron chi connectivity index (χ2n) is 5.63. The van der Waals surface area contributed by atoms with Crippen LogP contribution in [-0.2, 0) is 4.79 Å². The zero-order valence-corrected chi connectivity index (χ0v) is 12.9. The van der Waals surface area contributed by atoms with Crippen molar-refractivity contribution in [1.82, 2.24) is 5.32 Å². The summed E-state index contributed by atoms with van der Waals surface area (Å²) in [4.78, 5) is 11.8. The highest BCUT2D eigenvalue weighted by Crippen LogP contribution is 2.40. The van der Waals surface area contributed by atoms with Gasteiger partial charge >= 0.3 is 0 Å². The van der Waals surface area contributed by atoms with Gasteiger partial charge in [-0.25, -0.2) is 4.39 Å². The molecule has 0 radical (unpaired) electrons. The topological polar surface area (TPSA) is 49.3 Å². The third-order valence-corrected chi connectivity index (χ3v) is 4.40. The molecule has 3 nitrogen and oxygen atoms in total. The Morgan fingerprint density at radius 2 is 2.25 bits per heavy atom. The fraction of sp³-hybridized carbons (Fsp3) is 0.400. The van der Waals surface area contributed by atoms with Crippen LogP contribution in [-0.4, -0.2) is 23.2 Å². The van der Waals surface area contributed by atoms with Crippen molar-refractivity contribution in [2.75, 3.05) is 0 Å². The summed E-state index contributed by atoms with van der Waals surface area (Å²) in [7, 11) is 0. The van der Waals surface area contributed by atoms with E-state index in [1.807, 2.05) is 13.8 Å². The van der Waals surface area contributed by atoms with Crippen molar-refractivity contribution >= 4 is 27.9 Å². The number of halogens is 2. The molecule has 1 fully saturated rings. The summed E-state index contributed by atoms with van der Waals surface area (Å²) in [5.74, 6) is -0.661. The van der Waals surface area contributed by atoms with Gasteiger partial charge in [0.2, 0.25) is 5.91 Å². The van der Waals surface area contributed by atoms with Gasteiger partial charge in [0, 0.05) is 27.6 Å². The van der Waals surface area contributed by atoms with Crippen LogP contribution in [0.3, 0.4) is 0 Å². The highest BCUT2D eigenvalue weighted by Gasteiger charge is 2.47. The highest BCUT2D eigenvalue weighted by atomic mass is 79.9. The van der Waals surface area contributed by atoms with Crippen LogP contribution >= 0.6 is 15.9 Å². The van der Waals surface area contributed by atoms with Crippen LogP contribution in [0.15, 0.2) is 28.7 Å². The fourth-order valence-electron chi connectivity index (χ4n) is 2.18. The Hall–Kier alpha value is -1.20. The van der Waals surface area contributed by atoms with Gasteiger partial charge in [-0.15, -0.1) is 0 Å². The van der Waals surface area contributed by atoms with Gasteiger partial charge in [0.25, 0.3) is 0 Å². The number of nitrogens with one attached hydrogen (secondary N) is 1. The predicted octanol–water partition coefficient (Wildman–Crippen LogP) is 2.88. The Balaban J connectivity index is 1.98. The third kappa shape index (κ3) is 3.10. The number of amides is 1.